The molecule has 0 aromatic heterocycles. The summed E-state index contributed by atoms with van der Waals surface area (Å²) in [6.07, 6.45) is 0.360. The molecular weight excluding hydrogens is 244 g/mol. The number of carbonyl (C=O) groups is 1. The van der Waals surface area contributed by atoms with Gasteiger partial charge in [-0.15, -0.1) is 0 Å². The number of rotatable bonds is 4. The number of amides is 1. The van der Waals surface area contributed by atoms with Crippen LogP contribution in [-0.2, 0) is 14.9 Å². The van der Waals surface area contributed by atoms with E-state index in [0.717, 1.165) is 0 Å². The zero-order valence-corrected chi connectivity index (χ0v) is 9.74. The van der Waals surface area contributed by atoms with Gasteiger partial charge in [0.2, 0.25) is 10.0 Å². The molecule has 0 heterocycles. The number of hydrogen-bond donors (Lipinski definition) is 2. The Bertz CT molecular complexity index is 496. The van der Waals surface area contributed by atoms with Gasteiger partial charge < -0.3 is 4.84 Å². The molecule has 1 amide bonds. The maximum atomic E-state index is 11.3. The van der Waals surface area contributed by atoms with Crippen molar-refractivity contribution in [3.8, 4) is 0 Å². The van der Waals surface area contributed by atoms with E-state index in [1.165, 1.54) is 0 Å². The first-order chi connectivity index (χ1) is 8.08. The normalized spacial score (nSPS) is 15.3. The highest BCUT2D eigenvalue weighted by molar-refractivity contribution is 7.90. The van der Waals surface area contributed by atoms with Crippen LogP contribution in [0.1, 0.15) is 12.8 Å². The summed E-state index contributed by atoms with van der Waals surface area (Å²) in [6, 6.07) is 8.60. The van der Waals surface area contributed by atoms with E-state index in [1.54, 1.807) is 35.2 Å². The van der Waals surface area contributed by atoms with Gasteiger partial charge in [0.25, 0.3) is 0 Å². The molecule has 0 spiro atoms. The van der Waals surface area contributed by atoms with Crippen LogP contribution in [0.4, 0.5) is 10.5 Å². The van der Waals surface area contributed by atoms with Crippen LogP contribution >= 0.6 is 0 Å². The Labute approximate surface area is 99.0 Å². The Morgan fingerprint density at radius 2 is 1.88 bits per heavy atom. The van der Waals surface area contributed by atoms with Crippen LogP contribution in [0.2, 0.25) is 0 Å². The van der Waals surface area contributed by atoms with Gasteiger partial charge in [-0.1, -0.05) is 18.2 Å². The quantitative estimate of drug-likeness (QED) is 0.793. The van der Waals surface area contributed by atoms with E-state index >= 15 is 0 Å². The molecular formula is C10H12N2O4S. The topological polar surface area (TPSA) is 84.5 Å². The lowest BCUT2D eigenvalue weighted by Crippen LogP contribution is -2.32. The lowest BCUT2D eigenvalue weighted by atomic mass is 10.3. The molecule has 1 aromatic rings. The summed E-state index contributed by atoms with van der Waals surface area (Å²) >= 11 is 0. The van der Waals surface area contributed by atoms with E-state index in [4.69, 9.17) is 0 Å². The predicted octanol–water partition coefficient (Wildman–Crippen LogP) is 1.23. The SMILES string of the molecule is O=C(Nc1ccccc1)ONS(=O)(=O)C1CC1. The highest BCUT2D eigenvalue weighted by atomic mass is 32.2. The fourth-order valence-corrected chi connectivity index (χ4v) is 2.29. The van der Waals surface area contributed by atoms with Gasteiger partial charge in [-0.25, -0.2) is 13.2 Å². The third kappa shape index (κ3) is 3.43. The molecule has 1 aliphatic carbocycles. The van der Waals surface area contributed by atoms with E-state index in [-0.39, 0.29) is 0 Å². The third-order valence-electron chi connectivity index (χ3n) is 2.23. The van der Waals surface area contributed by atoms with Gasteiger partial charge in [-0.3, -0.25) is 5.32 Å². The van der Waals surface area contributed by atoms with Crippen LogP contribution in [-0.4, -0.2) is 19.8 Å². The molecule has 0 saturated heterocycles. The lowest BCUT2D eigenvalue weighted by molar-refractivity contribution is 0.139. The Balaban J connectivity index is 1.82. The molecule has 2 rings (SSSR count). The van der Waals surface area contributed by atoms with Crippen molar-refractivity contribution in [1.29, 1.82) is 0 Å². The van der Waals surface area contributed by atoms with E-state index in [0.29, 0.717) is 18.5 Å². The van der Waals surface area contributed by atoms with E-state index in [2.05, 4.69) is 10.2 Å². The fraction of sp³-hybridized carbons (Fsp3) is 0.300. The number of nitrogens with one attached hydrogen (secondary N) is 2. The van der Waals surface area contributed by atoms with Crippen molar-refractivity contribution in [2.75, 3.05) is 5.32 Å². The summed E-state index contributed by atoms with van der Waals surface area (Å²) in [7, 11) is -3.51. The van der Waals surface area contributed by atoms with Crippen LogP contribution in [0.5, 0.6) is 0 Å². The Hall–Kier alpha value is -1.60. The molecule has 0 radical (unpaired) electrons. The second-order valence-electron chi connectivity index (χ2n) is 3.71. The monoisotopic (exact) mass is 256 g/mol. The maximum absolute atomic E-state index is 11.3. The summed E-state index contributed by atoms with van der Waals surface area (Å²) in [6.45, 7) is 0. The smallest absolute Gasteiger partial charge is 0.338 e. The predicted molar refractivity (Wildman–Crippen MR) is 61.6 cm³/mol. The summed E-state index contributed by atoms with van der Waals surface area (Å²) in [5.74, 6) is 0. The average Bonchev–Trinajstić information content (AvgIpc) is 3.12. The molecule has 0 atom stereocenters. The van der Waals surface area contributed by atoms with Crippen LogP contribution in [0, 0.1) is 0 Å². The maximum Gasteiger partial charge on any atom is 0.431 e. The largest absolute Gasteiger partial charge is 0.431 e. The molecule has 0 unspecified atom stereocenters. The number of carbonyl (C=O) groups excluding carboxylic acids is 1. The van der Waals surface area contributed by atoms with Gasteiger partial charge in [0, 0.05) is 5.69 Å². The molecule has 17 heavy (non-hydrogen) atoms. The van der Waals surface area contributed by atoms with Crippen molar-refractivity contribution in [2.24, 2.45) is 0 Å². The van der Waals surface area contributed by atoms with Crippen molar-refractivity contribution >= 4 is 21.8 Å². The second kappa shape index (κ2) is 4.72. The first kappa shape index (κ1) is 11.9. The minimum absolute atomic E-state index is 0.424. The summed E-state index contributed by atoms with van der Waals surface area (Å²) in [5, 5.41) is 1.96. The van der Waals surface area contributed by atoms with Crippen LogP contribution in [0.3, 0.4) is 0 Å². The molecule has 0 bridgehead atoms. The highest BCUT2D eigenvalue weighted by Gasteiger charge is 2.36. The average molecular weight is 256 g/mol. The van der Waals surface area contributed by atoms with Gasteiger partial charge in [0.1, 0.15) is 0 Å². The molecule has 1 aromatic carbocycles. The zero-order valence-electron chi connectivity index (χ0n) is 8.92. The Morgan fingerprint density at radius 3 is 2.47 bits per heavy atom. The molecule has 1 aliphatic rings. The summed E-state index contributed by atoms with van der Waals surface area (Å²) in [4.78, 5) is 17.5. The second-order valence-corrected chi connectivity index (χ2v) is 5.63. The van der Waals surface area contributed by atoms with Gasteiger partial charge in [-0.05, 0) is 29.9 Å². The molecule has 6 nitrogen and oxygen atoms in total. The number of anilines is 1. The number of para-hydroxylation sites is 1. The van der Waals surface area contributed by atoms with Gasteiger partial charge in [-0.2, -0.15) is 0 Å². The molecule has 92 valence electrons. The third-order valence-corrected chi connectivity index (χ3v) is 3.90. The molecule has 1 saturated carbocycles. The Kier molecular flexibility index (Phi) is 3.30. The van der Waals surface area contributed by atoms with Crippen molar-refractivity contribution < 1.29 is 18.0 Å². The first-order valence-electron chi connectivity index (χ1n) is 5.11. The summed E-state index contributed by atoms with van der Waals surface area (Å²) < 4.78 is 22.7. The standard InChI is InChI=1S/C10H12N2O4S/c13-10(11-8-4-2-1-3-5-8)16-12-17(14,15)9-6-7-9/h1-5,9,12H,6-7H2,(H,11,13). The van der Waals surface area contributed by atoms with Crippen LogP contribution in [0.25, 0.3) is 0 Å². The summed E-state index contributed by atoms with van der Waals surface area (Å²) in [5.41, 5.74) is 0.531. The number of hydrogen-bond acceptors (Lipinski definition) is 4. The Morgan fingerprint density at radius 1 is 1.24 bits per heavy atom. The van der Waals surface area contributed by atoms with E-state index in [1.807, 2.05) is 0 Å². The molecule has 2 N–H and O–H groups in total. The lowest BCUT2D eigenvalue weighted by Gasteiger charge is -2.07. The minimum Gasteiger partial charge on any atom is -0.338 e. The van der Waals surface area contributed by atoms with Gasteiger partial charge in [0.15, 0.2) is 0 Å². The van der Waals surface area contributed by atoms with E-state index in [9.17, 15) is 13.2 Å². The van der Waals surface area contributed by atoms with Gasteiger partial charge in [0.05, 0.1) is 5.25 Å². The molecule has 7 heteroatoms. The van der Waals surface area contributed by atoms with Crippen molar-refractivity contribution in [1.82, 2.24) is 4.89 Å². The number of benzene rings is 1. The fourth-order valence-electron chi connectivity index (χ4n) is 1.21. The van der Waals surface area contributed by atoms with Crippen LogP contribution in [0.15, 0.2) is 30.3 Å². The van der Waals surface area contributed by atoms with Gasteiger partial charge >= 0.3 is 6.09 Å². The zero-order chi connectivity index (χ0) is 12.3. The van der Waals surface area contributed by atoms with E-state index < -0.39 is 21.4 Å². The molecule has 1 fully saturated rings. The first-order valence-corrected chi connectivity index (χ1v) is 6.66. The molecule has 0 aliphatic heterocycles. The van der Waals surface area contributed by atoms with Crippen molar-refractivity contribution in [2.45, 2.75) is 18.1 Å². The number of sulfonamides is 1. The highest BCUT2D eigenvalue weighted by Crippen LogP contribution is 2.27. The van der Waals surface area contributed by atoms with Crippen molar-refractivity contribution in [3.05, 3.63) is 30.3 Å². The van der Waals surface area contributed by atoms with Crippen molar-refractivity contribution in [3.63, 3.8) is 0 Å². The van der Waals surface area contributed by atoms with Crippen LogP contribution < -0.4 is 10.2 Å². The minimum atomic E-state index is -3.51.